The van der Waals surface area contributed by atoms with Crippen molar-refractivity contribution in [1.29, 1.82) is 0 Å². The van der Waals surface area contributed by atoms with Gasteiger partial charge in [0.15, 0.2) is 5.78 Å². The number of ketones is 1. The number of hydrogen-bond donors (Lipinski definition) is 0. The zero-order valence-electron chi connectivity index (χ0n) is 9.70. The van der Waals surface area contributed by atoms with E-state index >= 15 is 0 Å². The number of nitrogens with zero attached hydrogens (tertiary/aromatic N) is 2. The number of nitro benzene ring substituents is 1. The van der Waals surface area contributed by atoms with Gasteiger partial charge in [0.2, 0.25) is 0 Å². The predicted molar refractivity (Wildman–Crippen MR) is 73.1 cm³/mol. The maximum absolute atomic E-state index is 12.1. The molecule has 19 heavy (non-hydrogen) atoms. The van der Waals surface area contributed by atoms with E-state index in [1.54, 1.807) is 18.4 Å². The number of fused-ring (bicyclic) bond motifs is 2. The molecule has 0 saturated heterocycles. The lowest BCUT2D eigenvalue weighted by atomic mass is 9.91. The van der Waals surface area contributed by atoms with Crippen molar-refractivity contribution >= 4 is 35.2 Å². The second-order valence-corrected chi connectivity index (χ2v) is 4.96. The fraction of sp³-hybridized carbons (Fsp3) is 0.0769. The largest absolute Gasteiger partial charge is 0.294 e. The number of carbonyl (C=O) groups excluding carboxylic acids is 1. The van der Waals surface area contributed by atoms with E-state index in [0.717, 1.165) is 4.90 Å². The Morgan fingerprint density at radius 3 is 3.00 bits per heavy atom. The number of carbonyl (C=O) groups is 1. The number of non-ortho nitro benzene ring substituents is 1. The molecule has 0 radical (unpaired) electrons. The smallest absolute Gasteiger partial charge is 0.270 e. The van der Waals surface area contributed by atoms with Gasteiger partial charge in [0.25, 0.3) is 5.69 Å². The number of benzene rings is 1. The van der Waals surface area contributed by atoms with Gasteiger partial charge >= 0.3 is 0 Å². The first-order valence-corrected chi connectivity index (χ1v) is 6.37. The maximum Gasteiger partial charge on any atom is 0.270 e. The van der Waals surface area contributed by atoms with Crippen molar-refractivity contribution in [2.45, 2.75) is 11.3 Å². The molecule has 5 nitrogen and oxygen atoms in total. The highest BCUT2D eigenvalue weighted by Crippen LogP contribution is 2.37. The molecule has 0 amide bonds. The third-order valence-corrected chi connectivity index (χ3v) is 3.72. The Morgan fingerprint density at radius 1 is 1.37 bits per heavy atom. The molecule has 0 aromatic heterocycles. The molecule has 3 rings (SSSR count). The van der Waals surface area contributed by atoms with E-state index in [-0.39, 0.29) is 11.5 Å². The molecule has 1 aliphatic carbocycles. The number of allylic oxidation sites excluding steroid dienone is 4. The van der Waals surface area contributed by atoms with Gasteiger partial charge in [-0.05, 0) is 6.07 Å². The fourth-order valence-corrected chi connectivity index (χ4v) is 2.77. The molecule has 0 bridgehead atoms. The van der Waals surface area contributed by atoms with Gasteiger partial charge in [-0.25, -0.2) is 4.40 Å². The highest BCUT2D eigenvalue weighted by Gasteiger charge is 2.24. The minimum atomic E-state index is -0.458. The first-order valence-electron chi connectivity index (χ1n) is 5.60. The summed E-state index contributed by atoms with van der Waals surface area (Å²) in [5, 5.41) is 10.9. The molecule has 0 atom stereocenters. The van der Waals surface area contributed by atoms with Crippen molar-refractivity contribution in [2.75, 3.05) is 0 Å². The molecule has 1 aliphatic heterocycles. The molecule has 0 unspecified atom stereocenters. The minimum absolute atomic E-state index is 0.0181. The molecular formula is C13H8N2O3S. The van der Waals surface area contributed by atoms with E-state index in [4.69, 9.17) is 0 Å². The molecule has 0 spiro atoms. The summed E-state index contributed by atoms with van der Waals surface area (Å²) in [6.07, 6.45) is 5.55. The van der Waals surface area contributed by atoms with Crippen molar-refractivity contribution in [3.63, 3.8) is 0 Å². The van der Waals surface area contributed by atoms with Crippen LogP contribution >= 0.6 is 11.9 Å². The molecule has 0 N–H and O–H groups in total. The average molecular weight is 272 g/mol. The summed E-state index contributed by atoms with van der Waals surface area (Å²) in [6, 6.07) is 4.51. The molecule has 1 aromatic carbocycles. The molecule has 2 aliphatic rings. The molecule has 0 fully saturated rings. The zero-order valence-corrected chi connectivity index (χ0v) is 10.5. The lowest BCUT2D eigenvalue weighted by Gasteiger charge is -2.12. The Hall–Kier alpha value is -2.21. The monoisotopic (exact) mass is 272 g/mol. The van der Waals surface area contributed by atoms with Crippen LogP contribution in [0.3, 0.4) is 0 Å². The summed E-state index contributed by atoms with van der Waals surface area (Å²) in [6.45, 7) is 0. The summed E-state index contributed by atoms with van der Waals surface area (Å²) in [7, 11) is 0. The summed E-state index contributed by atoms with van der Waals surface area (Å²) in [4.78, 5) is 23.2. The SMILES string of the molecule is O=C1CC=CC2=C1c1cc([N+](=O)[O-])ccc1SN=C2. The third kappa shape index (κ3) is 2.00. The highest BCUT2D eigenvalue weighted by molar-refractivity contribution is 7.98. The first-order chi connectivity index (χ1) is 9.16. The molecule has 1 aromatic rings. The summed E-state index contributed by atoms with van der Waals surface area (Å²) >= 11 is 1.22. The summed E-state index contributed by atoms with van der Waals surface area (Å²) in [5.41, 5.74) is 1.81. The van der Waals surface area contributed by atoms with Crippen molar-refractivity contribution in [1.82, 2.24) is 0 Å². The average Bonchev–Trinajstić information content (AvgIpc) is 2.57. The van der Waals surface area contributed by atoms with Crippen LogP contribution in [0.1, 0.15) is 12.0 Å². The van der Waals surface area contributed by atoms with Crippen LogP contribution in [-0.4, -0.2) is 16.9 Å². The second kappa shape index (κ2) is 4.47. The molecule has 94 valence electrons. The lowest BCUT2D eigenvalue weighted by molar-refractivity contribution is -0.384. The van der Waals surface area contributed by atoms with Gasteiger partial charge < -0.3 is 0 Å². The van der Waals surface area contributed by atoms with Crippen LogP contribution < -0.4 is 0 Å². The second-order valence-electron chi connectivity index (χ2n) is 4.12. The fourth-order valence-electron chi connectivity index (χ4n) is 2.10. The van der Waals surface area contributed by atoms with Gasteiger partial charge in [0.1, 0.15) is 0 Å². The van der Waals surface area contributed by atoms with Crippen molar-refractivity contribution in [3.8, 4) is 0 Å². The Kier molecular flexibility index (Phi) is 2.79. The Morgan fingerprint density at radius 2 is 2.21 bits per heavy atom. The van der Waals surface area contributed by atoms with E-state index in [2.05, 4.69) is 4.40 Å². The van der Waals surface area contributed by atoms with Crippen LogP contribution in [-0.2, 0) is 4.79 Å². The standard InChI is InChI=1S/C13H8N2O3S/c16-11-3-1-2-8-7-14-19-12-5-4-9(15(17)18)6-10(12)13(8)11/h1-2,4-7H,3H2. The Labute approximate surface area is 113 Å². The van der Waals surface area contributed by atoms with E-state index in [1.807, 2.05) is 6.08 Å². The maximum atomic E-state index is 12.1. The number of nitro groups is 1. The molecule has 0 saturated carbocycles. The first kappa shape index (κ1) is 11.9. The number of hydrogen-bond acceptors (Lipinski definition) is 5. The van der Waals surface area contributed by atoms with E-state index in [9.17, 15) is 14.9 Å². The van der Waals surface area contributed by atoms with Gasteiger partial charge in [-0.2, -0.15) is 0 Å². The van der Waals surface area contributed by atoms with Crippen LogP contribution in [0.25, 0.3) is 5.57 Å². The van der Waals surface area contributed by atoms with E-state index in [0.29, 0.717) is 23.1 Å². The summed E-state index contributed by atoms with van der Waals surface area (Å²) in [5.74, 6) is -0.0341. The van der Waals surface area contributed by atoms with E-state index < -0.39 is 4.92 Å². The van der Waals surface area contributed by atoms with Crippen LogP contribution in [0.2, 0.25) is 0 Å². The normalized spacial score (nSPS) is 16.9. The number of Topliss-reactive ketones (excluding diaryl/α,β-unsaturated/α-hetero) is 1. The van der Waals surface area contributed by atoms with Gasteiger partial charge in [0.05, 0.1) is 4.92 Å². The molecule has 1 heterocycles. The van der Waals surface area contributed by atoms with Crippen LogP contribution in [0.5, 0.6) is 0 Å². The van der Waals surface area contributed by atoms with Gasteiger partial charge in [-0.15, -0.1) is 0 Å². The topological polar surface area (TPSA) is 72.6 Å². The van der Waals surface area contributed by atoms with Gasteiger partial charge in [-0.1, -0.05) is 12.2 Å². The minimum Gasteiger partial charge on any atom is -0.294 e. The quantitative estimate of drug-likeness (QED) is 0.447. The van der Waals surface area contributed by atoms with Gasteiger partial charge in [-0.3, -0.25) is 14.9 Å². The molecule has 6 heteroatoms. The van der Waals surface area contributed by atoms with Crippen LogP contribution in [0, 0.1) is 10.1 Å². The highest BCUT2D eigenvalue weighted by atomic mass is 32.2. The predicted octanol–water partition coefficient (Wildman–Crippen LogP) is 2.97. The van der Waals surface area contributed by atoms with Crippen molar-refractivity contribution < 1.29 is 9.72 Å². The summed E-state index contributed by atoms with van der Waals surface area (Å²) < 4.78 is 4.17. The third-order valence-electron chi connectivity index (χ3n) is 2.95. The molecular weight excluding hydrogens is 264 g/mol. The van der Waals surface area contributed by atoms with Crippen LogP contribution in [0.15, 0.2) is 45.2 Å². The van der Waals surface area contributed by atoms with Gasteiger partial charge in [0, 0.05) is 58.3 Å². The van der Waals surface area contributed by atoms with E-state index in [1.165, 1.54) is 24.1 Å². The van der Waals surface area contributed by atoms with Crippen LogP contribution in [0.4, 0.5) is 5.69 Å². The lowest BCUT2D eigenvalue weighted by Crippen LogP contribution is -2.08. The van der Waals surface area contributed by atoms with Crippen molar-refractivity contribution in [2.24, 2.45) is 4.40 Å². The van der Waals surface area contributed by atoms with Crippen molar-refractivity contribution in [3.05, 3.63) is 51.6 Å². The zero-order chi connectivity index (χ0) is 13.4. The number of rotatable bonds is 1. The Balaban J connectivity index is 2.26. The Bertz CT molecular complexity index is 689.